The molecule has 0 atom stereocenters. The average Bonchev–Trinajstić information content (AvgIpc) is 3.33. The number of amides is 4. The maximum absolute atomic E-state index is 12.3. The summed E-state index contributed by atoms with van der Waals surface area (Å²) >= 11 is 0. The second-order valence-corrected chi connectivity index (χ2v) is 19.2. The summed E-state index contributed by atoms with van der Waals surface area (Å²) in [7, 11) is 0. The van der Waals surface area contributed by atoms with Gasteiger partial charge >= 0.3 is 6.03 Å². The van der Waals surface area contributed by atoms with Crippen molar-refractivity contribution in [1.29, 1.82) is 0 Å². The molecule has 68 heavy (non-hydrogen) atoms. The number of nitrogens with one attached hydrogen (secondary N) is 2. The highest BCUT2D eigenvalue weighted by atomic mass is 16.5. The summed E-state index contributed by atoms with van der Waals surface area (Å²) in [6, 6.07) is 15.0. The maximum atomic E-state index is 12.3. The van der Waals surface area contributed by atoms with E-state index in [1.165, 1.54) is 179 Å². The first kappa shape index (κ1) is 56.1. The van der Waals surface area contributed by atoms with Crippen LogP contribution in [0.1, 0.15) is 225 Å². The van der Waals surface area contributed by atoms with Crippen LogP contribution in [0.3, 0.4) is 0 Å². The number of ether oxygens (including phenoxy) is 4. The highest BCUT2D eigenvalue weighted by Crippen LogP contribution is 2.40. The number of unbranched alkanes of at least 4 members (excludes halogenated alkanes) is 27. The van der Waals surface area contributed by atoms with Gasteiger partial charge in [0.15, 0.2) is 11.5 Å². The summed E-state index contributed by atoms with van der Waals surface area (Å²) in [5.41, 5.74) is 1.65. The Balaban J connectivity index is 1.40. The second kappa shape index (κ2) is 35.6. The standard InChI is InChI=1S/C59H90N2O7/c1-4-7-10-13-16-19-22-25-28-31-39-66-54-45-49(38-42-65-52-37-36-50-43-48(34-35-51(50)47-52)44-53-57(62)60-59(64)61-58(53)63)46-55(67-40-32-29-26-23-20-17-14-11-8-5-2)56(54)68-41-33-30-27-24-21-18-15-12-9-6-3/h34-37,43-47H,4-33,38-42H2,1-3H3,(H2,60,61,62,63,64). The van der Waals surface area contributed by atoms with Gasteiger partial charge < -0.3 is 18.9 Å². The Labute approximate surface area is 411 Å². The molecule has 0 radical (unpaired) electrons. The molecule has 3 aromatic carbocycles. The number of imide groups is 2. The van der Waals surface area contributed by atoms with E-state index < -0.39 is 17.8 Å². The lowest BCUT2D eigenvalue weighted by molar-refractivity contribution is -0.123. The van der Waals surface area contributed by atoms with Crippen LogP contribution in [0.25, 0.3) is 16.8 Å². The van der Waals surface area contributed by atoms with E-state index in [-0.39, 0.29) is 5.57 Å². The molecular formula is C59H90N2O7. The van der Waals surface area contributed by atoms with Crippen molar-refractivity contribution in [3.63, 3.8) is 0 Å². The molecule has 0 aliphatic carbocycles. The molecule has 0 saturated carbocycles. The first-order chi connectivity index (χ1) is 33.4. The number of rotatable bonds is 41. The first-order valence-electron chi connectivity index (χ1n) is 27.5. The van der Waals surface area contributed by atoms with Gasteiger partial charge in [0, 0.05) is 6.42 Å². The Kier molecular flexibility index (Phi) is 29.3. The Morgan fingerprint density at radius 3 is 1.26 bits per heavy atom. The van der Waals surface area contributed by atoms with E-state index in [1.54, 1.807) is 0 Å². The number of carbonyl (C=O) groups excluding carboxylic acids is 3. The summed E-state index contributed by atoms with van der Waals surface area (Å²) in [6.07, 6.45) is 40.6. The van der Waals surface area contributed by atoms with Gasteiger partial charge in [0.1, 0.15) is 11.3 Å². The molecule has 1 aliphatic rings. The van der Waals surface area contributed by atoms with Gasteiger partial charge in [-0.25, -0.2) is 4.79 Å². The minimum absolute atomic E-state index is 0.114. The van der Waals surface area contributed by atoms with Crippen LogP contribution in [0.5, 0.6) is 23.0 Å². The van der Waals surface area contributed by atoms with Crippen molar-refractivity contribution in [2.45, 2.75) is 220 Å². The van der Waals surface area contributed by atoms with Crippen molar-refractivity contribution >= 4 is 34.7 Å². The molecule has 0 aromatic heterocycles. The highest BCUT2D eigenvalue weighted by molar-refractivity contribution is 6.31. The lowest BCUT2D eigenvalue weighted by Gasteiger charge is -2.19. The zero-order valence-electron chi connectivity index (χ0n) is 42.8. The molecule has 0 spiro atoms. The molecule has 1 heterocycles. The second-order valence-electron chi connectivity index (χ2n) is 19.2. The molecule has 1 saturated heterocycles. The van der Waals surface area contributed by atoms with Crippen molar-refractivity contribution in [3.8, 4) is 23.0 Å². The molecule has 1 fully saturated rings. The Bertz CT molecular complexity index is 1840. The summed E-state index contributed by atoms with van der Waals surface area (Å²) in [6.45, 7) is 9.25. The Morgan fingerprint density at radius 1 is 0.412 bits per heavy atom. The van der Waals surface area contributed by atoms with Crippen molar-refractivity contribution < 1.29 is 33.3 Å². The largest absolute Gasteiger partial charge is 0.493 e. The van der Waals surface area contributed by atoms with Crippen LogP contribution in [-0.4, -0.2) is 44.3 Å². The highest BCUT2D eigenvalue weighted by Gasteiger charge is 2.27. The summed E-state index contributed by atoms with van der Waals surface area (Å²) in [5, 5.41) is 6.14. The summed E-state index contributed by atoms with van der Waals surface area (Å²) in [4.78, 5) is 36.0. The fourth-order valence-electron chi connectivity index (χ4n) is 8.92. The molecule has 4 amide bonds. The van der Waals surface area contributed by atoms with Crippen LogP contribution in [0.15, 0.2) is 54.1 Å². The number of urea groups is 1. The molecule has 4 rings (SSSR count). The Hall–Kier alpha value is -4.53. The number of carbonyl (C=O) groups is 3. The van der Waals surface area contributed by atoms with Gasteiger partial charge in [-0.2, -0.15) is 0 Å². The van der Waals surface area contributed by atoms with Crippen LogP contribution in [0, 0.1) is 0 Å². The van der Waals surface area contributed by atoms with Crippen LogP contribution in [0.4, 0.5) is 4.79 Å². The van der Waals surface area contributed by atoms with Gasteiger partial charge in [-0.15, -0.1) is 0 Å². The molecule has 9 nitrogen and oxygen atoms in total. The predicted molar refractivity (Wildman–Crippen MR) is 281 cm³/mol. The molecule has 378 valence electrons. The van der Waals surface area contributed by atoms with Gasteiger partial charge in [0.25, 0.3) is 11.8 Å². The van der Waals surface area contributed by atoms with E-state index in [0.717, 1.165) is 58.6 Å². The van der Waals surface area contributed by atoms with E-state index in [0.29, 0.717) is 38.4 Å². The van der Waals surface area contributed by atoms with Crippen LogP contribution in [0.2, 0.25) is 0 Å². The van der Waals surface area contributed by atoms with Gasteiger partial charge in [-0.3, -0.25) is 20.2 Å². The lowest BCUT2D eigenvalue weighted by atomic mass is 10.0. The third-order valence-electron chi connectivity index (χ3n) is 13.1. The molecular weight excluding hydrogens is 849 g/mol. The smallest absolute Gasteiger partial charge is 0.328 e. The first-order valence-corrected chi connectivity index (χ1v) is 27.5. The third-order valence-corrected chi connectivity index (χ3v) is 13.1. The van der Waals surface area contributed by atoms with E-state index in [4.69, 9.17) is 18.9 Å². The minimum atomic E-state index is -0.814. The topological polar surface area (TPSA) is 112 Å². The van der Waals surface area contributed by atoms with Crippen LogP contribution < -0.4 is 29.6 Å². The SMILES string of the molecule is CCCCCCCCCCCCOc1cc(CCOc2ccc3cc(C=C4C(=O)NC(=O)NC4=O)ccc3c2)cc(OCCCCCCCCCCCC)c1OCCCCCCCCCCCC. The Morgan fingerprint density at radius 2 is 0.809 bits per heavy atom. The number of hydrogen-bond acceptors (Lipinski definition) is 7. The van der Waals surface area contributed by atoms with Gasteiger partial charge in [0.2, 0.25) is 5.75 Å². The fraction of sp³-hybridized carbons (Fsp3) is 0.644. The van der Waals surface area contributed by atoms with E-state index in [2.05, 4.69) is 43.5 Å². The minimum Gasteiger partial charge on any atom is -0.493 e. The molecule has 0 bridgehead atoms. The quantitative estimate of drug-likeness (QED) is 0.0331. The number of barbiturate groups is 1. The molecule has 9 heteroatoms. The lowest BCUT2D eigenvalue weighted by Crippen LogP contribution is -2.51. The average molecular weight is 939 g/mol. The molecule has 3 aromatic rings. The third kappa shape index (κ3) is 23.2. The predicted octanol–water partition coefficient (Wildman–Crippen LogP) is 16.1. The summed E-state index contributed by atoms with van der Waals surface area (Å²) < 4.78 is 26.2. The van der Waals surface area contributed by atoms with Crippen LogP contribution >= 0.6 is 0 Å². The van der Waals surface area contributed by atoms with Gasteiger partial charge in [0.05, 0.1) is 26.4 Å². The van der Waals surface area contributed by atoms with Gasteiger partial charge in [-0.1, -0.05) is 212 Å². The van der Waals surface area contributed by atoms with Gasteiger partial charge in [-0.05, 0) is 77.6 Å². The number of benzene rings is 3. The van der Waals surface area contributed by atoms with Crippen molar-refractivity contribution in [1.82, 2.24) is 10.6 Å². The van der Waals surface area contributed by atoms with Crippen LogP contribution in [-0.2, 0) is 16.0 Å². The zero-order chi connectivity index (χ0) is 48.3. The van der Waals surface area contributed by atoms with E-state index in [9.17, 15) is 14.4 Å². The van der Waals surface area contributed by atoms with E-state index >= 15 is 0 Å². The zero-order valence-corrected chi connectivity index (χ0v) is 42.8. The fourth-order valence-corrected chi connectivity index (χ4v) is 8.92. The monoisotopic (exact) mass is 939 g/mol. The van der Waals surface area contributed by atoms with Crippen molar-refractivity contribution in [2.24, 2.45) is 0 Å². The summed E-state index contributed by atoms with van der Waals surface area (Å²) in [5.74, 6) is 1.61. The normalized spacial score (nSPS) is 12.6. The van der Waals surface area contributed by atoms with Crippen molar-refractivity contribution in [3.05, 3.63) is 65.2 Å². The molecule has 0 unspecified atom stereocenters. The number of fused-ring (bicyclic) bond motifs is 1. The number of hydrogen-bond donors (Lipinski definition) is 2. The molecule has 2 N–H and O–H groups in total. The van der Waals surface area contributed by atoms with E-state index in [1.807, 2.05) is 36.4 Å². The molecule has 1 aliphatic heterocycles. The van der Waals surface area contributed by atoms with Crippen molar-refractivity contribution in [2.75, 3.05) is 26.4 Å². The maximum Gasteiger partial charge on any atom is 0.328 e.